The highest BCUT2D eigenvalue weighted by atomic mass is 16.7. The first kappa shape index (κ1) is 14.5. The molecule has 0 N–H and O–H groups in total. The van der Waals surface area contributed by atoms with Gasteiger partial charge in [-0.05, 0) is 13.0 Å². The number of hydrogen-bond acceptors (Lipinski definition) is 5. The maximum Gasteiger partial charge on any atom is 0.231 e. The van der Waals surface area contributed by atoms with Gasteiger partial charge in [-0.3, -0.25) is 0 Å². The van der Waals surface area contributed by atoms with Crippen LogP contribution < -0.4 is 9.47 Å². The molecule has 132 valence electrons. The van der Waals surface area contributed by atoms with Crippen LogP contribution in [0.5, 0.6) is 11.5 Å². The number of aromatic nitrogens is 5. The molecule has 0 fully saturated rings. The van der Waals surface area contributed by atoms with E-state index in [0.29, 0.717) is 6.54 Å². The minimum Gasteiger partial charge on any atom is -0.454 e. The van der Waals surface area contributed by atoms with E-state index in [0.717, 1.165) is 51.1 Å². The number of imidazole rings is 1. The normalized spacial score (nSPS) is 13.7. The maximum absolute atomic E-state index is 5.64. The van der Waals surface area contributed by atoms with Crippen molar-refractivity contribution < 1.29 is 9.47 Å². The van der Waals surface area contributed by atoms with Crippen LogP contribution in [0.25, 0.3) is 28.2 Å². The Balaban J connectivity index is 1.70. The summed E-state index contributed by atoms with van der Waals surface area (Å²) in [6.45, 7) is 2.85. The third-order valence-electron chi connectivity index (χ3n) is 5.14. The molecule has 4 heterocycles. The molecule has 0 unspecified atom stereocenters. The van der Waals surface area contributed by atoms with Crippen LogP contribution in [0.2, 0.25) is 0 Å². The summed E-state index contributed by atoms with van der Waals surface area (Å²) >= 11 is 0. The standard InChI is InChI=1S/C20H15N5O2/c1-12-16-9-24-10-21-19(13-5-3-2-4-6-13)20(24)14-7-17-18(27-11-26-17)8-15(14)25(16)23-22-12/h2-8,10H,9,11H2,1H3. The fourth-order valence-electron chi connectivity index (χ4n) is 3.80. The van der Waals surface area contributed by atoms with E-state index in [1.807, 2.05) is 48.3 Å². The van der Waals surface area contributed by atoms with Crippen molar-refractivity contribution in [2.75, 3.05) is 6.79 Å². The number of rotatable bonds is 1. The van der Waals surface area contributed by atoms with Crippen molar-refractivity contribution in [2.45, 2.75) is 13.5 Å². The highest BCUT2D eigenvalue weighted by molar-refractivity contribution is 5.85. The zero-order chi connectivity index (χ0) is 18.0. The van der Waals surface area contributed by atoms with Crippen LogP contribution in [-0.2, 0) is 6.54 Å². The van der Waals surface area contributed by atoms with Crippen LogP contribution in [-0.4, -0.2) is 31.3 Å². The van der Waals surface area contributed by atoms with Gasteiger partial charge in [0, 0.05) is 17.2 Å². The summed E-state index contributed by atoms with van der Waals surface area (Å²) in [5.41, 5.74) is 6.91. The van der Waals surface area contributed by atoms with E-state index in [1.165, 1.54) is 0 Å². The molecule has 0 atom stereocenters. The third kappa shape index (κ3) is 1.99. The van der Waals surface area contributed by atoms with E-state index in [2.05, 4.69) is 27.0 Å². The van der Waals surface area contributed by atoms with Crippen molar-refractivity contribution in [3.63, 3.8) is 0 Å². The molecular weight excluding hydrogens is 342 g/mol. The van der Waals surface area contributed by atoms with Crippen molar-refractivity contribution in [1.82, 2.24) is 24.5 Å². The lowest BCUT2D eigenvalue weighted by Gasteiger charge is -2.11. The Morgan fingerprint density at radius 2 is 1.85 bits per heavy atom. The first-order valence-corrected chi connectivity index (χ1v) is 8.76. The predicted octanol–water partition coefficient (Wildman–Crippen LogP) is 3.20. The summed E-state index contributed by atoms with van der Waals surface area (Å²) in [7, 11) is 0. The monoisotopic (exact) mass is 357 g/mol. The Kier molecular flexibility index (Phi) is 2.80. The van der Waals surface area contributed by atoms with Gasteiger partial charge in [-0.1, -0.05) is 35.5 Å². The van der Waals surface area contributed by atoms with E-state index in [-0.39, 0.29) is 6.79 Å². The lowest BCUT2D eigenvalue weighted by molar-refractivity contribution is 0.174. The van der Waals surface area contributed by atoms with Gasteiger partial charge in [0.2, 0.25) is 6.79 Å². The second-order valence-corrected chi connectivity index (χ2v) is 6.69. The molecule has 0 radical (unpaired) electrons. The van der Waals surface area contributed by atoms with E-state index in [4.69, 9.17) is 14.5 Å². The maximum atomic E-state index is 5.64. The molecule has 4 aromatic rings. The number of hydrogen-bond donors (Lipinski definition) is 0. The molecule has 0 spiro atoms. The first-order chi connectivity index (χ1) is 13.3. The van der Waals surface area contributed by atoms with Crippen molar-refractivity contribution in [3.05, 3.63) is 60.2 Å². The van der Waals surface area contributed by atoms with Crippen molar-refractivity contribution in [3.8, 4) is 39.7 Å². The largest absolute Gasteiger partial charge is 0.454 e. The van der Waals surface area contributed by atoms with E-state index in [9.17, 15) is 0 Å². The molecule has 2 aromatic heterocycles. The van der Waals surface area contributed by atoms with Gasteiger partial charge < -0.3 is 14.0 Å². The van der Waals surface area contributed by atoms with Crippen LogP contribution >= 0.6 is 0 Å². The third-order valence-corrected chi connectivity index (χ3v) is 5.14. The van der Waals surface area contributed by atoms with Gasteiger partial charge in [0.05, 0.1) is 41.3 Å². The second-order valence-electron chi connectivity index (χ2n) is 6.69. The summed E-state index contributed by atoms with van der Waals surface area (Å²) in [4.78, 5) is 4.73. The Labute approximate surface area is 154 Å². The fourth-order valence-corrected chi connectivity index (χ4v) is 3.80. The fraction of sp³-hybridized carbons (Fsp3) is 0.150. The summed E-state index contributed by atoms with van der Waals surface area (Å²) in [6.07, 6.45) is 1.88. The average molecular weight is 357 g/mol. The predicted molar refractivity (Wildman–Crippen MR) is 98.0 cm³/mol. The molecule has 7 nitrogen and oxygen atoms in total. The quantitative estimate of drug-likeness (QED) is 0.461. The number of benzene rings is 2. The molecule has 6 rings (SSSR count). The number of aryl methyl sites for hydroxylation is 1. The van der Waals surface area contributed by atoms with Crippen LogP contribution in [0.4, 0.5) is 0 Å². The lowest BCUT2D eigenvalue weighted by atomic mass is 10.0. The van der Waals surface area contributed by atoms with Crippen LogP contribution in [0, 0.1) is 6.92 Å². The van der Waals surface area contributed by atoms with Gasteiger partial charge in [0.15, 0.2) is 11.5 Å². The van der Waals surface area contributed by atoms with Gasteiger partial charge in [0.25, 0.3) is 0 Å². The number of nitrogens with zero attached hydrogens (tertiary/aromatic N) is 5. The Hall–Kier alpha value is -3.61. The Morgan fingerprint density at radius 3 is 2.70 bits per heavy atom. The molecule has 0 saturated heterocycles. The van der Waals surface area contributed by atoms with Crippen LogP contribution in [0.1, 0.15) is 11.4 Å². The molecule has 7 heteroatoms. The van der Waals surface area contributed by atoms with Gasteiger partial charge in [-0.15, -0.1) is 5.10 Å². The van der Waals surface area contributed by atoms with E-state index in [1.54, 1.807) is 0 Å². The Bertz CT molecular complexity index is 1190. The molecule has 0 aliphatic carbocycles. The molecule has 2 aromatic carbocycles. The highest BCUT2D eigenvalue weighted by Gasteiger charge is 2.29. The minimum atomic E-state index is 0.228. The van der Waals surface area contributed by atoms with E-state index >= 15 is 0 Å². The second kappa shape index (κ2) is 5.20. The average Bonchev–Trinajstić information content (AvgIpc) is 3.39. The molecule has 0 saturated carbocycles. The summed E-state index contributed by atoms with van der Waals surface area (Å²) < 4.78 is 15.3. The topological polar surface area (TPSA) is 67.0 Å². The van der Waals surface area contributed by atoms with Crippen molar-refractivity contribution in [2.24, 2.45) is 0 Å². The van der Waals surface area contributed by atoms with Crippen LogP contribution in [0.3, 0.4) is 0 Å². The molecule has 2 aliphatic rings. The summed E-state index contributed by atoms with van der Waals surface area (Å²) in [5.74, 6) is 1.46. The molecule has 0 bridgehead atoms. The molecule has 27 heavy (non-hydrogen) atoms. The van der Waals surface area contributed by atoms with E-state index < -0.39 is 0 Å². The SMILES string of the molecule is Cc1nnn2c1Cn1cnc(-c3ccccc3)c1-c1cc3c(cc1-2)OCO3. The highest BCUT2D eigenvalue weighted by Crippen LogP contribution is 2.44. The smallest absolute Gasteiger partial charge is 0.231 e. The first-order valence-electron chi connectivity index (χ1n) is 8.76. The minimum absolute atomic E-state index is 0.228. The lowest BCUT2D eigenvalue weighted by Crippen LogP contribution is -2.04. The molecular formula is C20H15N5O2. The zero-order valence-corrected chi connectivity index (χ0v) is 14.6. The van der Waals surface area contributed by atoms with Crippen molar-refractivity contribution in [1.29, 1.82) is 0 Å². The van der Waals surface area contributed by atoms with Gasteiger partial charge >= 0.3 is 0 Å². The zero-order valence-electron chi connectivity index (χ0n) is 14.6. The summed E-state index contributed by atoms with van der Waals surface area (Å²) in [6, 6.07) is 14.2. The number of ether oxygens (including phenoxy) is 2. The van der Waals surface area contributed by atoms with Crippen molar-refractivity contribution >= 4 is 0 Å². The Morgan fingerprint density at radius 1 is 1.04 bits per heavy atom. The molecule has 0 amide bonds. The van der Waals surface area contributed by atoms with Crippen LogP contribution in [0.15, 0.2) is 48.8 Å². The van der Waals surface area contributed by atoms with Gasteiger partial charge in [-0.2, -0.15) is 0 Å². The number of fused-ring (bicyclic) bond motifs is 6. The summed E-state index contributed by atoms with van der Waals surface area (Å²) in [5, 5.41) is 8.66. The van der Waals surface area contributed by atoms with Gasteiger partial charge in [0.1, 0.15) is 0 Å². The molecule has 2 aliphatic heterocycles. The van der Waals surface area contributed by atoms with Gasteiger partial charge in [-0.25, -0.2) is 9.67 Å².